The van der Waals surface area contributed by atoms with Crippen LogP contribution in [0.25, 0.3) is 21.5 Å². The minimum Gasteiger partial charge on any atom is -0.490 e. The standard InChI is InChI=1S/C53H91N3O5.C15H10O2/c1-4-7-10-13-16-19-22-25-28-34-41-59-48-44-47(52(57)55-39-40-56-53(58)50(54)46-37-32-31-33-38-46)45-49(60-42-35-29-26-23-20-17-14-11-8-5-2)51(48)61-43-36-30-27-24-21-18-15-12-9-6-3;16-15(17)13-6-5-12-7-10-3-1-2-4-11(10)8-14(12)9-13/h31-33,37-38,44-45,50H,4-30,34-36,39-43,54H2,1-3H3,(H,55,57)(H,56,58);1-9H,(H,16,17)/t50-;/m0./s1. The zero-order valence-corrected chi connectivity index (χ0v) is 48.5. The summed E-state index contributed by atoms with van der Waals surface area (Å²) in [6, 6.07) is 29.5. The lowest BCUT2D eigenvalue weighted by Gasteiger charge is -2.19. The van der Waals surface area contributed by atoms with E-state index in [1.807, 2.05) is 60.7 Å². The molecular formula is C68H101N3O7. The molecule has 0 unspecified atom stereocenters. The number of benzene rings is 5. The highest BCUT2D eigenvalue weighted by atomic mass is 16.5. The molecule has 0 saturated carbocycles. The molecule has 5 N–H and O–H groups in total. The Morgan fingerprint density at radius 3 is 1.26 bits per heavy atom. The van der Waals surface area contributed by atoms with Gasteiger partial charge in [0.25, 0.3) is 5.91 Å². The third-order valence-corrected chi connectivity index (χ3v) is 14.6. The zero-order valence-electron chi connectivity index (χ0n) is 48.5. The van der Waals surface area contributed by atoms with Gasteiger partial charge in [0.2, 0.25) is 11.7 Å². The van der Waals surface area contributed by atoms with E-state index < -0.39 is 12.0 Å². The smallest absolute Gasteiger partial charge is 0.335 e. The van der Waals surface area contributed by atoms with Crippen LogP contribution in [0, 0.1) is 0 Å². The third kappa shape index (κ3) is 26.8. The van der Waals surface area contributed by atoms with Gasteiger partial charge in [-0.05, 0) is 82.8 Å². The molecule has 0 aliphatic heterocycles. The van der Waals surface area contributed by atoms with Crippen LogP contribution in [-0.2, 0) is 4.79 Å². The molecule has 5 rings (SSSR count). The zero-order chi connectivity index (χ0) is 55.7. The number of amides is 2. The Bertz CT molecular complexity index is 2340. The molecule has 0 aromatic heterocycles. The molecule has 2 amide bonds. The van der Waals surface area contributed by atoms with Crippen LogP contribution in [0.5, 0.6) is 17.2 Å². The molecule has 0 fully saturated rings. The molecule has 0 bridgehead atoms. The lowest BCUT2D eigenvalue weighted by atomic mass is 10.0. The topological polar surface area (TPSA) is 149 Å². The number of carbonyl (C=O) groups excluding carboxylic acids is 2. The summed E-state index contributed by atoms with van der Waals surface area (Å²) in [7, 11) is 0. The number of nitrogens with two attached hydrogens (primary N) is 1. The molecule has 0 saturated heterocycles. The Hall–Kier alpha value is -5.61. The number of carboxylic acid groups (broad SMARTS) is 1. The number of ether oxygens (including phenoxy) is 3. The molecule has 430 valence electrons. The number of rotatable bonds is 43. The summed E-state index contributed by atoms with van der Waals surface area (Å²) in [5.74, 6) is 0.311. The molecule has 0 heterocycles. The van der Waals surface area contributed by atoms with Gasteiger partial charge >= 0.3 is 5.97 Å². The van der Waals surface area contributed by atoms with Crippen molar-refractivity contribution in [2.45, 2.75) is 219 Å². The monoisotopic (exact) mass is 1070 g/mol. The van der Waals surface area contributed by atoms with E-state index in [0.29, 0.717) is 48.2 Å². The predicted molar refractivity (Wildman–Crippen MR) is 326 cm³/mol. The van der Waals surface area contributed by atoms with Gasteiger partial charge in [0.05, 0.1) is 25.4 Å². The lowest BCUT2D eigenvalue weighted by Crippen LogP contribution is -2.39. The molecule has 1 atom stereocenters. The van der Waals surface area contributed by atoms with Gasteiger partial charge in [0, 0.05) is 18.7 Å². The number of unbranched alkanes of at least 4 members (excludes halogenated alkanes) is 27. The normalized spacial score (nSPS) is 11.5. The number of hydrogen-bond donors (Lipinski definition) is 4. The fourth-order valence-electron chi connectivity index (χ4n) is 9.83. The highest BCUT2D eigenvalue weighted by Crippen LogP contribution is 2.40. The fourth-order valence-corrected chi connectivity index (χ4v) is 9.83. The third-order valence-electron chi connectivity index (χ3n) is 14.6. The minimum absolute atomic E-state index is 0.254. The minimum atomic E-state index is -0.889. The maximum atomic E-state index is 13.6. The Morgan fingerprint density at radius 2 is 0.808 bits per heavy atom. The van der Waals surface area contributed by atoms with Crippen molar-refractivity contribution in [1.82, 2.24) is 10.6 Å². The van der Waals surface area contributed by atoms with Crippen LogP contribution in [0.4, 0.5) is 0 Å². The van der Waals surface area contributed by atoms with Crippen molar-refractivity contribution in [1.29, 1.82) is 0 Å². The van der Waals surface area contributed by atoms with Crippen molar-refractivity contribution in [3.05, 3.63) is 114 Å². The SMILES string of the molecule is CCCCCCCCCCCCOc1cc(C(=O)NCCNC(=O)[C@@H](N)c2ccccc2)cc(OCCCCCCCCCCCC)c1OCCCCCCCCCCCC.O=C(O)c1ccc2cc3ccccc3cc2c1. The molecule has 10 nitrogen and oxygen atoms in total. The van der Waals surface area contributed by atoms with Crippen molar-refractivity contribution >= 4 is 39.3 Å². The second-order valence-electron chi connectivity index (χ2n) is 21.4. The van der Waals surface area contributed by atoms with Crippen LogP contribution in [0.1, 0.15) is 246 Å². The van der Waals surface area contributed by atoms with Crippen molar-refractivity contribution in [2.75, 3.05) is 32.9 Å². The summed E-state index contributed by atoms with van der Waals surface area (Å²) in [5, 5.41) is 19.1. The summed E-state index contributed by atoms with van der Waals surface area (Å²) in [6.45, 7) is 9.01. The lowest BCUT2D eigenvalue weighted by molar-refractivity contribution is -0.122. The van der Waals surface area contributed by atoms with Crippen molar-refractivity contribution < 1.29 is 33.7 Å². The maximum Gasteiger partial charge on any atom is 0.335 e. The predicted octanol–water partition coefficient (Wildman–Crippen LogP) is 17.8. The van der Waals surface area contributed by atoms with E-state index >= 15 is 0 Å². The Kier molecular flexibility index (Phi) is 34.5. The fraction of sp³-hybridized carbons (Fsp3) is 0.574. The highest BCUT2D eigenvalue weighted by Gasteiger charge is 2.20. The summed E-state index contributed by atoms with van der Waals surface area (Å²) in [5.41, 5.74) is 7.70. The van der Waals surface area contributed by atoms with Crippen LogP contribution in [0.15, 0.2) is 97.1 Å². The molecule has 0 aliphatic rings. The van der Waals surface area contributed by atoms with E-state index in [0.717, 1.165) is 60.2 Å². The van der Waals surface area contributed by atoms with Crippen LogP contribution in [-0.4, -0.2) is 55.8 Å². The molecule has 0 spiro atoms. The average Bonchev–Trinajstić information content (AvgIpc) is 3.49. The van der Waals surface area contributed by atoms with Gasteiger partial charge in [-0.1, -0.05) is 255 Å². The van der Waals surface area contributed by atoms with E-state index in [4.69, 9.17) is 25.1 Å². The van der Waals surface area contributed by atoms with Gasteiger partial charge < -0.3 is 35.7 Å². The number of fused-ring (bicyclic) bond motifs is 2. The van der Waals surface area contributed by atoms with Crippen LogP contribution >= 0.6 is 0 Å². The molecule has 5 aromatic rings. The second kappa shape index (κ2) is 41.4. The molecule has 0 radical (unpaired) electrons. The first-order valence-electron chi connectivity index (χ1n) is 30.8. The summed E-state index contributed by atoms with van der Waals surface area (Å²) in [4.78, 5) is 37.2. The van der Waals surface area contributed by atoms with E-state index in [1.54, 1.807) is 24.3 Å². The average molecular weight is 1070 g/mol. The Labute approximate surface area is 470 Å². The van der Waals surface area contributed by atoms with Gasteiger partial charge in [0.1, 0.15) is 6.04 Å². The Balaban J connectivity index is 0.000000641. The molecule has 78 heavy (non-hydrogen) atoms. The summed E-state index contributed by atoms with van der Waals surface area (Å²) in [6.07, 6.45) is 37.7. The van der Waals surface area contributed by atoms with E-state index in [2.05, 4.69) is 43.5 Å². The molecule has 5 aromatic carbocycles. The number of carboxylic acids is 1. The van der Waals surface area contributed by atoms with Gasteiger partial charge in [-0.2, -0.15) is 0 Å². The van der Waals surface area contributed by atoms with Crippen LogP contribution in [0.2, 0.25) is 0 Å². The van der Waals surface area contributed by atoms with E-state index in [9.17, 15) is 14.4 Å². The van der Waals surface area contributed by atoms with Gasteiger partial charge in [-0.15, -0.1) is 0 Å². The largest absolute Gasteiger partial charge is 0.490 e. The number of hydrogen-bond acceptors (Lipinski definition) is 7. The number of carbonyl (C=O) groups is 3. The first-order valence-corrected chi connectivity index (χ1v) is 30.8. The molecule has 10 heteroatoms. The number of nitrogens with one attached hydrogen (secondary N) is 2. The van der Waals surface area contributed by atoms with Crippen molar-refractivity contribution in [3.63, 3.8) is 0 Å². The van der Waals surface area contributed by atoms with Crippen molar-refractivity contribution in [2.24, 2.45) is 5.73 Å². The second-order valence-corrected chi connectivity index (χ2v) is 21.4. The van der Waals surface area contributed by atoms with E-state index in [1.165, 1.54) is 159 Å². The molecule has 0 aliphatic carbocycles. The number of aromatic carboxylic acids is 1. The van der Waals surface area contributed by atoms with Gasteiger partial charge in [-0.25, -0.2) is 4.79 Å². The quantitative estimate of drug-likeness (QED) is 0.0223. The van der Waals surface area contributed by atoms with Gasteiger partial charge in [0.15, 0.2) is 11.5 Å². The summed E-state index contributed by atoms with van der Waals surface area (Å²) >= 11 is 0. The van der Waals surface area contributed by atoms with Gasteiger partial charge in [-0.3, -0.25) is 9.59 Å². The van der Waals surface area contributed by atoms with E-state index in [-0.39, 0.29) is 24.9 Å². The highest BCUT2D eigenvalue weighted by molar-refractivity contribution is 6.01. The molecular weight excluding hydrogens is 971 g/mol. The van der Waals surface area contributed by atoms with Crippen LogP contribution in [0.3, 0.4) is 0 Å². The summed E-state index contributed by atoms with van der Waals surface area (Å²) < 4.78 is 19.5. The van der Waals surface area contributed by atoms with Crippen molar-refractivity contribution in [3.8, 4) is 17.2 Å². The van der Waals surface area contributed by atoms with Crippen LogP contribution < -0.4 is 30.6 Å². The first-order chi connectivity index (χ1) is 38.2. The Morgan fingerprint density at radius 1 is 0.423 bits per heavy atom. The first kappa shape index (κ1) is 64.9. The maximum absolute atomic E-state index is 13.6.